The van der Waals surface area contributed by atoms with Crippen molar-refractivity contribution in [3.63, 3.8) is 0 Å². The Morgan fingerprint density at radius 2 is 1.62 bits per heavy atom. The summed E-state index contributed by atoms with van der Waals surface area (Å²) in [6, 6.07) is 16.3. The van der Waals surface area contributed by atoms with Gasteiger partial charge in [-0.1, -0.05) is 38.3 Å². The SMILES string of the molecule is CCCCCCOc1ccc(N=Cc2ccc(N(C)C)cc2)cc1. The highest BCUT2D eigenvalue weighted by molar-refractivity contribution is 5.82. The second-order valence-corrected chi connectivity index (χ2v) is 6.15. The molecule has 24 heavy (non-hydrogen) atoms. The van der Waals surface area contributed by atoms with Crippen LogP contribution in [0.3, 0.4) is 0 Å². The fourth-order valence-electron chi connectivity index (χ4n) is 2.35. The third kappa shape index (κ3) is 6.07. The summed E-state index contributed by atoms with van der Waals surface area (Å²) in [6.07, 6.45) is 6.79. The third-order valence-corrected chi connectivity index (χ3v) is 3.88. The average molecular weight is 324 g/mol. The lowest BCUT2D eigenvalue weighted by atomic mass is 10.2. The minimum Gasteiger partial charge on any atom is -0.494 e. The van der Waals surface area contributed by atoms with Crippen LogP contribution in [0.15, 0.2) is 53.5 Å². The van der Waals surface area contributed by atoms with E-state index in [0.717, 1.165) is 30.0 Å². The van der Waals surface area contributed by atoms with Gasteiger partial charge in [0.1, 0.15) is 5.75 Å². The van der Waals surface area contributed by atoms with Crippen LogP contribution < -0.4 is 9.64 Å². The van der Waals surface area contributed by atoms with Crippen molar-refractivity contribution in [2.75, 3.05) is 25.6 Å². The number of benzene rings is 2. The van der Waals surface area contributed by atoms with Gasteiger partial charge in [0.25, 0.3) is 0 Å². The van der Waals surface area contributed by atoms with Gasteiger partial charge in [-0.25, -0.2) is 0 Å². The van der Waals surface area contributed by atoms with E-state index in [9.17, 15) is 0 Å². The largest absolute Gasteiger partial charge is 0.494 e. The van der Waals surface area contributed by atoms with Crippen molar-refractivity contribution in [2.24, 2.45) is 4.99 Å². The van der Waals surface area contributed by atoms with Gasteiger partial charge in [0.2, 0.25) is 0 Å². The number of anilines is 1. The van der Waals surface area contributed by atoms with E-state index in [0.29, 0.717) is 0 Å². The summed E-state index contributed by atoms with van der Waals surface area (Å²) in [5, 5.41) is 0. The van der Waals surface area contributed by atoms with E-state index in [1.54, 1.807) is 0 Å². The van der Waals surface area contributed by atoms with Gasteiger partial charge in [0, 0.05) is 26.0 Å². The van der Waals surface area contributed by atoms with E-state index < -0.39 is 0 Å². The maximum absolute atomic E-state index is 5.75. The molecule has 0 spiro atoms. The van der Waals surface area contributed by atoms with Gasteiger partial charge in [-0.2, -0.15) is 0 Å². The zero-order valence-corrected chi connectivity index (χ0v) is 15.0. The fourth-order valence-corrected chi connectivity index (χ4v) is 2.35. The van der Waals surface area contributed by atoms with E-state index in [4.69, 9.17) is 4.74 Å². The van der Waals surface area contributed by atoms with Crippen LogP contribution >= 0.6 is 0 Å². The molecule has 0 bridgehead atoms. The van der Waals surface area contributed by atoms with E-state index in [1.165, 1.54) is 24.9 Å². The summed E-state index contributed by atoms with van der Waals surface area (Å²) in [7, 11) is 4.08. The second kappa shape index (κ2) is 9.76. The van der Waals surface area contributed by atoms with Gasteiger partial charge < -0.3 is 9.64 Å². The van der Waals surface area contributed by atoms with Crippen LogP contribution in [-0.2, 0) is 0 Å². The maximum Gasteiger partial charge on any atom is 0.119 e. The molecule has 0 atom stereocenters. The molecule has 0 aliphatic rings. The van der Waals surface area contributed by atoms with E-state index >= 15 is 0 Å². The quantitative estimate of drug-likeness (QED) is 0.452. The molecule has 0 heterocycles. The van der Waals surface area contributed by atoms with Crippen LogP contribution in [0.2, 0.25) is 0 Å². The molecular formula is C21H28N2O. The van der Waals surface area contributed by atoms with Gasteiger partial charge in [-0.15, -0.1) is 0 Å². The molecule has 0 amide bonds. The normalized spacial score (nSPS) is 11.0. The minimum absolute atomic E-state index is 0.792. The molecule has 3 heteroatoms. The highest BCUT2D eigenvalue weighted by Crippen LogP contribution is 2.19. The standard InChI is InChI=1S/C21H28N2O/c1-4-5-6-7-16-24-21-14-10-19(11-15-21)22-17-18-8-12-20(13-9-18)23(2)3/h8-15,17H,4-7,16H2,1-3H3. The van der Waals surface area contributed by atoms with Crippen LogP contribution in [0.4, 0.5) is 11.4 Å². The molecule has 0 N–H and O–H groups in total. The zero-order valence-electron chi connectivity index (χ0n) is 15.0. The molecule has 0 saturated heterocycles. The molecule has 0 aliphatic carbocycles. The Labute approximate surface area is 146 Å². The molecule has 0 aromatic heterocycles. The van der Waals surface area contributed by atoms with Crippen molar-refractivity contribution < 1.29 is 4.74 Å². The van der Waals surface area contributed by atoms with Crippen molar-refractivity contribution in [1.29, 1.82) is 0 Å². The van der Waals surface area contributed by atoms with Crippen LogP contribution in [0.1, 0.15) is 38.2 Å². The summed E-state index contributed by atoms with van der Waals surface area (Å²) < 4.78 is 5.75. The van der Waals surface area contributed by atoms with Crippen molar-refractivity contribution in [3.8, 4) is 5.75 Å². The topological polar surface area (TPSA) is 24.8 Å². The number of hydrogen-bond acceptors (Lipinski definition) is 3. The lowest BCUT2D eigenvalue weighted by Gasteiger charge is -2.11. The summed E-state index contributed by atoms with van der Waals surface area (Å²) >= 11 is 0. The number of hydrogen-bond donors (Lipinski definition) is 0. The molecule has 2 rings (SSSR count). The predicted octanol–water partition coefficient (Wildman–Crippen LogP) is 5.46. The van der Waals surface area contributed by atoms with Crippen molar-refractivity contribution in [3.05, 3.63) is 54.1 Å². The molecule has 0 aliphatic heterocycles. The van der Waals surface area contributed by atoms with E-state index in [1.807, 2.05) is 44.6 Å². The zero-order chi connectivity index (χ0) is 17.2. The lowest BCUT2D eigenvalue weighted by molar-refractivity contribution is 0.305. The number of unbranched alkanes of at least 4 members (excludes halogenated alkanes) is 3. The smallest absolute Gasteiger partial charge is 0.119 e. The van der Waals surface area contributed by atoms with Gasteiger partial charge in [-0.05, 0) is 48.4 Å². The van der Waals surface area contributed by atoms with Gasteiger partial charge in [-0.3, -0.25) is 4.99 Å². The van der Waals surface area contributed by atoms with Crippen molar-refractivity contribution in [2.45, 2.75) is 32.6 Å². The number of nitrogens with zero attached hydrogens (tertiary/aromatic N) is 2. The molecule has 0 unspecified atom stereocenters. The summed E-state index contributed by atoms with van der Waals surface area (Å²) in [5.74, 6) is 0.917. The number of aliphatic imine (C=N–C) groups is 1. The molecular weight excluding hydrogens is 296 g/mol. The van der Waals surface area contributed by atoms with Crippen LogP contribution in [0, 0.1) is 0 Å². The first-order valence-electron chi connectivity index (χ1n) is 8.73. The van der Waals surface area contributed by atoms with Crippen molar-refractivity contribution in [1.82, 2.24) is 0 Å². The highest BCUT2D eigenvalue weighted by Gasteiger charge is 1.96. The first-order chi connectivity index (χ1) is 11.7. The highest BCUT2D eigenvalue weighted by atomic mass is 16.5. The molecule has 0 fully saturated rings. The van der Waals surface area contributed by atoms with Crippen LogP contribution in [0.25, 0.3) is 0 Å². The average Bonchev–Trinajstić information content (AvgIpc) is 2.61. The second-order valence-electron chi connectivity index (χ2n) is 6.15. The maximum atomic E-state index is 5.75. The molecule has 3 nitrogen and oxygen atoms in total. The summed E-state index contributed by atoms with van der Waals surface area (Å²) in [6.45, 7) is 3.01. The van der Waals surface area contributed by atoms with E-state index in [-0.39, 0.29) is 0 Å². The Balaban J connectivity index is 1.84. The Bertz CT molecular complexity index is 615. The van der Waals surface area contributed by atoms with Gasteiger partial charge in [0.05, 0.1) is 12.3 Å². The monoisotopic (exact) mass is 324 g/mol. The predicted molar refractivity (Wildman–Crippen MR) is 104 cm³/mol. The molecule has 2 aromatic rings. The van der Waals surface area contributed by atoms with Gasteiger partial charge >= 0.3 is 0 Å². The first kappa shape index (κ1) is 18.1. The summed E-state index contributed by atoms with van der Waals surface area (Å²) in [4.78, 5) is 6.60. The lowest BCUT2D eigenvalue weighted by Crippen LogP contribution is -2.08. The van der Waals surface area contributed by atoms with Crippen LogP contribution in [0.5, 0.6) is 5.75 Å². The first-order valence-corrected chi connectivity index (χ1v) is 8.73. The fraction of sp³-hybridized carbons (Fsp3) is 0.381. The van der Waals surface area contributed by atoms with Crippen LogP contribution in [-0.4, -0.2) is 26.9 Å². The van der Waals surface area contributed by atoms with E-state index in [2.05, 4.69) is 41.1 Å². The Hall–Kier alpha value is -2.29. The number of ether oxygens (including phenoxy) is 1. The molecule has 128 valence electrons. The van der Waals surface area contributed by atoms with Gasteiger partial charge in [0.15, 0.2) is 0 Å². The molecule has 2 aromatic carbocycles. The molecule has 0 radical (unpaired) electrons. The Kier molecular flexibility index (Phi) is 7.34. The minimum atomic E-state index is 0.792. The summed E-state index contributed by atoms with van der Waals surface area (Å²) in [5.41, 5.74) is 3.22. The molecule has 0 saturated carbocycles. The Morgan fingerprint density at radius 3 is 2.25 bits per heavy atom. The van der Waals surface area contributed by atoms with Crippen molar-refractivity contribution >= 4 is 17.6 Å². The number of rotatable bonds is 9. The third-order valence-electron chi connectivity index (χ3n) is 3.88. The Morgan fingerprint density at radius 1 is 0.917 bits per heavy atom.